The highest BCUT2D eigenvalue weighted by molar-refractivity contribution is 5.53. The Balaban J connectivity index is 2.00. The van der Waals surface area contributed by atoms with Crippen LogP contribution in [0.25, 0.3) is 0 Å². The van der Waals surface area contributed by atoms with Crippen molar-refractivity contribution in [3.05, 3.63) is 11.4 Å². The monoisotopic (exact) mass is 209 g/mol. The van der Waals surface area contributed by atoms with Gasteiger partial charge >= 0.3 is 0 Å². The summed E-state index contributed by atoms with van der Waals surface area (Å²) >= 11 is 0. The lowest BCUT2D eigenvalue weighted by Crippen LogP contribution is -2.40. The molecule has 0 spiro atoms. The fourth-order valence-electron chi connectivity index (χ4n) is 2.06. The number of hydrogen-bond acceptors (Lipinski definition) is 3. The van der Waals surface area contributed by atoms with Crippen molar-refractivity contribution in [1.82, 2.24) is 9.78 Å². The van der Waals surface area contributed by atoms with E-state index in [1.807, 2.05) is 18.7 Å². The quantitative estimate of drug-likeness (QED) is 0.822. The van der Waals surface area contributed by atoms with Crippen LogP contribution in [0.4, 0.5) is 5.69 Å². The van der Waals surface area contributed by atoms with E-state index in [1.165, 1.54) is 11.4 Å². The third-order valence-corrected chi connectivity index (χ3v) is 3.29. The standard InChI is InChI=1S/C11H19N3O/c1-7-11(8(2)14(3)13-7)12-9-5-10(6-9)15-4/h9-10,12H,5-6H2,1-4H3. The van der Waals surface area contributed by atoms with Crippen LogP contribution in [0.5, 0.6) is 0 Å². The topological polar surface area (TPSA) is 39.1 Å². The largest absolute Gasteiger partial charge is 0.381 e. The van der Waals surface area contributed by atoms with Crippen LogP contribution in [0.1, 0.15) is 24.2 Å². The van der Waals surface area contributed by atoms with Gasteiger partial charge in [-0.3, -0.25) is 4.68 Å². The maximum Gasteiger partial charge on any atom is 0.0827 e. The summed E-state index contributed by atoms with van der Waals surface area (Å²) in [6.07, 6.45) is 2.65. The van der Waals surface area contributed by atoms with Crippen molar-refractivity contribution in [2.24, 2.45) is 7.05 Å². The molecule has 1 N–H and O–H groups in total. The van der Waals surface area contributed by atoms with Crippen molar-refractivity contribution in [1.29, 1.82) is 0 Å². The zero-order valence-corrected chi connectivity index (χ0v) is 9.87. The minimum atomic E-state index is 0.444. The molecule has 0 unspecified atom stereocenters. The Bertz CT molecular complexity index is 353. The molecule has 1 aliphatic rings. The van der Waals surface area contributed by atoms with Crippen LogP contribution in [0.3, 0.4) is 0 Å². The minimum Gasteiger partial charge on any atom is -0.381 e. The average Bonchev–Trinajstić information content (AvgIpc) is 2.36. The fourth-order valence-corrected chi connectivity index (χ4v) is 2.06. The summed E-state index contributed by atoms with van der Waals surface area (Å²) in [5.41, 5.74) is 3.47. The van der Waals surface area contributed by atoms with Gasteiger partial charge in [0.05, 0.1) is 23.2 Å². The summed E-state index contributed by atoms with van der Waals surface area (Å²) in [5, 5.41) is 7.92. The van der Waals surface area contributed by atoms with Crippen LogP contribution in [-0.2, 0) is 11.8 Å². The van der Waals surface area contributed by atoms with E-state index in [-0.39, 0.29) is 0 Å². The molecule has 2 rings (SSSR count). The summed E-state index contributed by atoms with van der Waals surface area (Å²) in [4.78, 5) is 0. The van der Waals surface area contributed by atoms with Crippen LogP contribution in [0.15, 0.2) is 0 Å². The van der Waals surface area contributed by atoms with Gasteiger partial charge in [-0.2, -0.15) is 5.10 Å². The second-order valence-corrected chi connectivity index (χ2v) is 4.34. The lowest BCUT2D eigenvalue weighted by molar-refractivity contribution is 0.0328. The second kappa shape index (κ2) is 3.85. The number of methoxy groups -OCH3 is 1. The summed E-state index contributed by atoms with van der Waals surface area (Å²) < 4.78 is 7.18. The van der Waals surface area contributed by atoms with E-state index in [9.17, 15) is 0 Å². The van der Waals surface area contributed by atoms with Gasteiger partial charge in [0.25, 0.3) is 0 Å². The van der Waals surface area contributed by atoms with E-state index < -0.39 is 0 Å². The molecule has 1 aromatic rings. The molecule has 0 saturated heterocycles. The number of nitrogens with one attached hydrogen (secondary N) is 1. The molecule has 15 heavy (non-hydrogen) atoms. The van der Waals surface area contributed by atoms with E-state index in [2.05, 4.69) is 17.3 Å². The maximum atomic E-state index is 5.26. The highest BCUT2D eigenvalue weighted by atomic mass is 16.5. The van der Waals surface area contributed by atoms with Crippen molar-refractivity contribution < 1.29 is 4.74 Å². The number of hydrogen-bond donors (Lipinski definition) is 1. The lowest BCUT2D eigenvalue weighted by Gasteiger charge is -2.35. The molecule has 1 fully saturated rings. The average molecular weight is 209 g/mol. The Kier molecular flexibility index (Phi) is 2.69. The highest BCUT2D eigenvalue weighted by Gasteiger charge is 2.29. The Morgan fingerprint density at radius 3 is 2.53 bits per heavy atom. The predicted molar refractivity (Wildman–Crippen MR) is 60.1 cm³/mol. The summed E-state index contributed by atoms with van der Waals surface area (Å²) in [6.45, 7) is 4.14. The molecule has 4 nitrogen and oxygen atoms in total. The van der Waals surface area contributed by atoms with Crippen molar-refractivity contribution in [2.45, 2.75) is 38.8 Å². The Labute approximate surface area is 90.6 Å². The molecule has 0 radical (unpaired) electrons. The van der Waals surface area contributed by atoms with E-state index in [0.29, 0.717) is 12.1 Å². The normalized spacial score (nSPS) is 25.1. The Morgan fingerprint density at radius 2 is 2.07 bits per heavy atom. The van der Waals surface area contributed by atoms with E-state index in [4.69, 9.17) is 4.74 Å². The summed E-state index contributed by atoms with van der Waals surface area (Å²) in [6, 6.07) is 0.552. The molecule has 1 saturated carbocycles. The number of rotatable bonds is 3. The van der Waals surface area contributed by atoms with E-state index in [1.54, 1.807) is 7.11 Å². The van der Waals surface area contributed by atoms with Crippen LogP contribution in [0.2, 0.25) is 0 Å². The zero-order chi connectivity index (χ0) is 11.0. The molecule has 1 heterocycles. The lowest BCUT2D eigenvalue weighted by atomic mass is 9.89. The molecular weight excluding hydrogens is 190 g/mol. The van der Waals surface area contributed by atoms with Gasteiger partial charge in [0.15, 0.2) is 0 Å². The van der Waals surface area contributed by atoms with Gasteiger partial charge in [-0.25, -0.2) is 0 Å². The summed E-state index contributed by atoms with van der Waals surface area (Å²) in [7, 11) is 3.76. The van der Waals surface area contributed by atoms with Crippen molar-refractivity contribution in [3.8, 4) is 0 Å². The number of ether oxygens (including phenoxy) is 1. The SMILES string of the molecule is COC1CC(Nc2c(C)nn(C)c2C)C1. The zero-order valence-electron chi connectivity index (χ0n) is 9.87. The smallest absolute Gasteiger partial charge is 0.0827 e. The number of aromatic nitrogens is 2. The van der Waals surface area contributed by atoms with Crippen LogP contribution >= 0.6 is 0 Å². The molecule has 1 aromatic heterocycles. The number of anilines is 1. The van der Waals surface area contributed by atoms with Crippen molar-refractivity contribution in [3.63, 3.8) is 0 Å². The molecule has 0 aromatic carbocycles. The molecule has 0 amide bonds. The minimum absolute atomic E-state index is 0.444. The van der Waals surface area contributed by atoms with Gasteiger partial charge in [-0.05, 0) is 26.7 Å². The number of aryl methyl sites for hydroxylation is 2. The van der Waals surface area contributed by atoms with Gasteiger partial charge < -0.3 is 10.1 Å². The third kappa shape index (κ3) is 1.86. The summed E-state index contributed by atoms with van der Waals surface area (Å²) in [5.74, 6) is 0. The van der Waals surface area contributed by atoms with Gasteiger partial charge in [-0.15, -0.1) is 0 Å². The molecule has 4 heteroatoms. The van der Waals surface area contributed by atoms with Crippen LogP contribution < -0.4 is 5.32 Å². The maximum absolute atomic E-state index is 5.26. The van der Waals surface area contributed by atoms with Gasteiger partial charge in [0, 0.05) is 20.2 Å². The van der Waals surface area contributed by atoms with E-state index in [0.717, 1.165) is 18.5 Å². The Morgan fingerprint density at radius 1 is 1.40 bits per heavy atom. The second-order valence-electron chi connectivity index (χ2n) is 4.34. The number of nitrogens with zero attached hydrogens (tertiary/aromatic N) is 2. The molecule has 0 aliphatic heterocycles. The first-order valence-corrected chi connectivity index (χ1v) is 5.41. The van der Waals surface area contributed by atoms with Crippen LogP contribution in [-0.4, -0.2) is 29.0 Å². The molecular formula is C11H19N3O. The Hall–Kier alpha value is -1.03. The highest BCUT2D eigenvalue weighted by Crippen LogP contribution is 2.28. The van der Waals surface area contributed by atoms with Crippen LogP contribution in [0, 0.1) is 13.8 Å². The first-order valence-electron chi connectivity index (χ1n) is 5.41. The molecule has 0 atom stereocenters. The van der Waals surface area contributed by atoms with Gasteiger partial charge in [0.2, 0.25) is 0 Å². The molecule has 84 valence electrons. The van der Waals surface area contributed by atoms with Gasteiger partial charge in [-0.1, -0.05) is 0 Å². The van der Waals surface area contributed by atoms with E-state index >= 15 is 0 Å². The van der Waals surface area contributed by atoms with Crippen molar-refractivity contribution in [2.75, 3.05) is 12.4 Å². The molecule has 1 aliphatic carbocycles. The molecule has 0 bridgehead atoms. The fraction of sp³-hybridized carbons (Fsp3) is 0.727. The predicted octanol–water partition coefficient (Wildman–Crippen LogP) is 1.63. The first-order chi connectivity index (χ1) is 7.11. The van der Waals surface area contributed by atoms with Crippen molar-refractivity contribution >= 4 is 5.69 Å². The first kappa shape index (κ1) is 10.5. The third-order valence-electron chi connectivity index (χ3n) is 3.29. The van der Waals surface area contributed by atoms with Gasteiger partial charge in [0.1, 0.15) is 0 Å².